The standard InChI is InChI=1S/C14H14N2O2/c1-18-11-8-6-10(7-9-11)16-14(17)12-4-2-3-5-13(12)15/h2-9H,15H2,1H3,(H,16,17). The topological polar surface area (TPSA) is 64.3 Å². The second-order valence-electron chi connectivity index (χ2n) is 3.77. The summed E-state index contributed by atoms with van der Waals surface area (Å²) in [5.74, 6) is 0.519. The molecule has 4 nitrogen and oxygen atoms in total. The summed E-state index contributed by atoms with van der Waals surface area (Å²) in [6.07, 6.45) is 0. The molecule has 0 aromatic heterocycles. The monoisotopic (exact) mass is 242 g/mol. The smallest absolute Gasteiger partial charge is 0.257 e. The van der Waals surface area contributed by atoms with Crippen LogP contribution in [0.25, 0.3) is 0 Å². The number of carbonyl (C=O) groups excluding carboxylic acids is 1. The summed E-state index contributed by atoms with van der Waals surface area (Å²) in [7, 11) is 1.60. The van der Waals surface area contributed by atoms with Crippen molar-refractivity contribution in [1.82, 2.24) is 0 Å². The maximum Gasteiger partial charge on any atom is 0.257 e. The van der Waals surface area contributed by atoms with Crippen molar-refractivity contribution in [2.24, 2.45) is 0 Å². The molecule has 0 aliphatic rings. The number of amides is 1. The van der Waals surface area contributed by atoms with Crippen LogP contribution in [0.4, 0.5) is 11.4 Å². The van der Waals surface area contributed by atoms with Crippen LogP contribution in [0.2, 0.25) is 0 Å². The van der Waals surface area contributed by atoms with Gasteiger partial charge in [-0.3, -0.25) is 4.79 Å². The molecular formula is C14H14N2O2. The van der Waals surface area contributed by atoms with Gasteiger partial charge in [-0.25, -0.2) is 0 Å². The number of nitrogens with two attached hydrogens (primary N) is 1. The average molecular weight is 242 g/mol. The predicted molar refractivity (Wildman–Crippen MR) is 71.8 cm³/mol. The average Bonchev–Trinajstić information content (AvgIpc) is 2.40. The molecule has 92 valence electrons. The molecule has 0 bridgehead atoms. The third kappa shape index (κ3) is 2.60. The number of benzene rings is 2. The number of methoxy groups -OCH3 is 1. The van der Waals surface area contributed by atoms with Gasteiger partial charge >= 0.3 is 0 Å². The molecule has 0 aliphatic carbocycles. The quantitative estimate of drug-likeness (QED) is 0.813. The molecule has 0 unspecified atom stereocenters. The van der Waals surface area contributed by atoms with Crippen molar-refractivity contribution >= 4 is 17.3 Å². The van der Waals surface area contributed by atoms with E-state index < -0.39 is 0 Å². The molecule has 1 amide bonds. The second-order valence-corrected chi connectivity index (χ2v) is 3.77. The lowest BCUT2D eigenvalue weighted by molar-refractivity contribution is 0.102. The molecule has 2 aromatic rings. The summed E-state index contributed by atoms with van der Waals surface area (Å²) in [5.41, 5.74) is 7.37. The maximum absolute atomic E-state index is 12.0. The van der Waals surface area contributed by atoms with E-state index in [1.54, 1.807) is 55.6 Å². The first-order valence-corrected chi connectivity index (χ1v) is 5.50. The van der Waals surface area contributed by atoms with E-state index in [1.807, 2.05) is 0 Å². The summed E-state index contributed by atoms with van der Waals surface area (Å²) in [6.45, 7) is 0. The number of anilines is 2. The molecule has 0 saturated heterocycles. The van der Waals surface area contributed by atoms with Crippen LogP contribution in [0.5, 0.6) is 5.75 Å². The summed E-state index contributed by atoms with van der Waals surface area (Å²) < 4.78 is 5.05. The van der Waals surface area contributed by atoms with Crippen molar-refractivity contribution in [3.05, 3.63) is 54.1 Å². The van der Waals surface area contributed by atoms with Crippen molar-refractivity contribution in [2.75, 3.05) is 18.2 Å². The molecule has 18 heavy (non-hydrogen) atoms. The van der Waals surface area contributed by atoms with Gasteiger partial charge in [0.05, 0.1) is 12.7 Å². The highest BCUT2D eigenvalue weighted by atomic mass is 16.5. The summed E-state index contributed by atoms with van der Waals surface area (Å²) in [4.78, 5) is 12.0. The van der Waals surface area contributed by atoms with Gasteiger partial charge < -0.3 is 15.8 Å². The van der Waals surface area contributed by atoms with E-state index in [-0.39, 0.29) is 5.91 Å². The van der Waals surface area contributed by atoms with Crippen molar-refractivity contribution in [3.8, 4) is 5.75 Å². The van der Waals surface area contributed by atoms with Crippen LogP contribution in [0, 0.1) is 0 Å². The van der Waals surface area contributed by atoms with Gasteiger partial charge in [0.2, 0.25) is 0 Å². The SMILES string of the molecule is COc1ccc(NC(=O)c2ccccc2N)cc1. The van der Waals surface area contributed by atoms with E-state index in [2.05, 4.69) is 5.32 Å². The minimum Gasteiger partial charge on any atom is -0.497 e. The molecule has 0 aliphatic heterocycles. The van der Waals surface area contributed by atoms with Gasteiger partial charge in [-0.2, -0.15) is 0 Å². The molecule has 2 rings (SSSR count). The zero-order valence-electron chi connectivity index (χ0n) is 10.0. The van der Waals surface area contributed by atoms with Gasteiger partial charge in [0.1, 0.15) is 5.75 Å². The Balaban J connectivity index is 2.14. The largest absolute Gasteiger partial charge is 0.497 e. The number of para-hydroxylation sites is 1. The fourth-order valence-electron chi connectivity index (χ4n) is 1.58. The van der Waals surface area contributed by atoms with Gasteiger partial charge in [0.15, 0.2) is 0 Å². The number of hydrogen-bond donors (Lipinski definition) is 2. The van der Waals surface area contributed by atoms with Crippen LogP contribution >= 0.6 is 0 Å². The molecule has 0 atom stereocenters. The molecule has 2 aromatic carbocycles. The van der Waals surface area contributed by atoms with Gasteiger partial charge in [-0.1, -0.05) is 12.1 Å². The maximum atomic E-state index is 12.0. The molecule has 0 radical (unpaired) electrons. The molecule has 3 N–H and O–H groups in total. The van der Waals surface area contributed by atoms with Crippen LogP contribution in [0.3, 0.4) is 0 Å². The van der Waals surface area contributed by atoms with Crippen LogP contribution < -0.4 is 15.8 Å². The number of hydrogen-bond acceptors (Lipinski definition) is 3. The highest BCUT2D eigenvalue weighted by Crippen LogP contribution is 2.17. The Labute approximate surface area is 105 Å². The number of nitrogens with one attached hydrogen (secondary N) is 1. The number of nitrogen functional groups attached to an aromatic ring is 1. The Bertz CT molecular complexity index is 550. The second kappa shape index (κ2) is 5.23. The Morgan fingerprint density at radius 1 is 1.11 bits per heavy atom. The van der Waals surface area contributed by atoms with E-state index in [1.165, 1.54) is 0 Å². The van der Waals surface area contributed by atoms with E-state index in [0.717, 1.165) is 5.75 Å². The van der Waals surface area contributed by atoms with Crippen LogP contribution in [-0.2, 0) is 0 Å². The Morgan fingerprint density at radius 2 is 1.78 bits per heavy atom. The molecule has 0 fully saturated rings. The van der Waals surface area contributed by atoms with E-state index in [4.69, 9.17) is 10.5 Å². The molecule has 0 saturated carbocycles. The van der Waals surface area contributed by atoms with Crippen molar-refractivity contribution in [1.29, 1.82) is 0 Å². The fraction of sp³-hybridized carbons (Fsp3) is 0.0714. The first-order valence-electron chi connectivity index (χ1n) is 5.50. The van der Waals surface area contributed by atoms with Crippen molar-refractivity contribution in [2.45, 2.75) is 0 Å². The van der Waals surface area contributed by atoms with E-state index in [0.29, 0.717) is 16.9 Å². The number of carbonyl (C=O) groups is 1. The first kappa shape index (κ1) is 12.0. The van der Waals surface area contributed by atoms with Gasteiger partial charge in [-0.15, -0.1) is 0 Å². The van der Waals surface area contributed by atoms with Crippen LogP contribution in [-0.4, -0.2) is 13.0 Å². The molecule has 4 heteroatoms. The minimum atomic E-state index is -0.224. The van der Waals surface area contributed by atoms with E-state index in [9.17, 15) is 4.79 Å². The predicted octanol–water partition coefficient (Wildman–Crippen LogP) is 2.53. The zero-order chi connectivity index (χ0) is 13.0. The normalized spacial score (nSPS) is 9.83. The summed E-state index contributed by atoms with van der Waals surface area (Å²) in [6, 6.07) is 14.1. The van der Waals surface area contributed by atoms with Crippen LogP contribution in [0.1, 0.15) is 10.4 Å². The molecule has 0 spiro atoms. The lowest BCUT2D eigenvalue weighted by Crippen LogP contribution is -2.13. The van der Waals surface area contributed by atoms with Crippen molar-refractivity contribution in [3.63, 3.8) is 0 Å². The lowest BCUT2D eigenvalue weighted by Gasteiger charge is -2.07. The highest BCUT2D eigenvalue weighted by molar-refractivity contribution is 6.07. The first-order chi connectivity index (χ1) is 8.70. The third-order valence-corrected chi connectivity index (χ3v) is 2.55. The Hall–Kier alpha value is -2.49. The van der Waals surface area contributed by atoms with Crippen molar-refractivity contribution < 1.29 is 9.53 Å². The van der Waals surface area contributed by atoms with Gasteiger partial charge in [-0.05, 0) is 36.4 Å². The fourth-order valence-corrected chi connectivity index (χ4v) is 1.58. The summed E-state index contributed by atoms with van der Waals surface area (Å²) in [5, 5.41) is 2.78. The zero-order valence-corrected chi connectivity index (χ0v) is 10.0. The summed E-state index contributed by atoms with van der Waals surface area (Å²) >= 11 is 0. The number of rotatable bonds is 3. The Kier molecular flexibility index (Phi) is 3.48. The molecule has 0 heterocycles. The Morgan fingerprint density at radius 3 is 2.39 bits per heavy atom. The highest BCUT2D eigenvalue weighted by Gasteiger charge is 2.08. The van der Waals surface area contributed by atoms with E-state index >= 15 is 0 Å². The van der Waals surface area contributed by atoms with Gasteiger partial charge in [0, 0.05) is 11.4 Å². The number of ether oxygens (including phenoxy) is 1. The third-order valence-electron chi connectivity index (χ3n) is 2.55. The lowest BCUT2D eigenvalue weighted by atomic mass is 10.1. The minimum absolute atomic E-state index is 0.224. The van der Waals surface area contributed by atoms with Gasteiger partial charge in [0.25, 0.3) is 5.91 Å². The molecular weight excluding hydrogens is 228 g/mol. The van der Waals surface area contributed by atoms with Crippen LogP contribution in [0.15, 0.2) is 48.5 Å².